The average Bonchev–Trinajstić information content (AvgIpc) is 3.10. The first-order chi connectivity index (χ1) is 11.7. The number of carbonyl (C=O) groups excluding carboxylic acids is 1. The maximum absolute atomic E-state index is 13.5. The van der Waals surface area contributed by atoms with Crippen molar-refractivity contribution < 1.29 is 9.18 Å². The normalized spacial score (nSPS) is 10.9. The lowest BCUT2D eigenvalue weighted by Crippen LogP contribution is -2.30. The van der Waals surface area contributed by atoms with E-state index in [0.29, 0.717) is 16.9 Å². The molecule has 0 saturated carbocycles. The van der Waals surface area contributed by atoms with Gasteiger partial charge in [0.25, 0.3) is 5.91 Å². The second-order valence-electron chi connectivity index (χ2n) is 5.18. The minimum Gasteiger partial charge on any atom is -0.312 e. The molecule has 7 heteroatoms. The molecule has 0 atom stereocenters. The van der Waals surface area contributed by atoms with Gasteiger partial charge < -0.3 is 4.40 Å². The summed E-state index contributed by atoms with van der Waals surface area (Å²) in [6.45, 7) is 0. The van der Waals surface area contributed by atoms with Gasteiger partial charge in [0.15, 0.2) is 5.82 Å². The third kappa shape index (κ3) is 2.41. The summed E-state index contributed by atoms with van der Waals surface area (Å²) >= 11 is 0. The van der Waals surface area contributed by atoms with E-state index in [1.165, 1.54) is 18.3 Å². The van der Waals surface area contributed by atoms with Crippen molar-refractivity contribution in [1.29, 1.82) is 0 Å². The Morgan fingerprint density at radius 2 is 2.04 bits per heavy atom. The number of nitrogens with zero attached hydrogens (tertiary/aromatic N) is 3. The Bertz CT molecular complexity index is 1040. The van der Waals surface area contributed by atoms with Crippen LogP contribution >= 0.6 is 0 Å². The van der Waals surface area contributed by atoms with Gasteiger partial charge in [0, 0.05) is 24.7 Å². The maximum Gasteiger partial charge on any atom is 0.271 e. The summed E-state index contributed by atoms with van der Waals surface area (Å²) in [5, 5.41) is 0. The summed E-state index contributed by atoms with van der Waals surface area (Å²) in [6, 6.07) is 11.5. The van der Waals surface area contributed by atoms with Crippen LogP contribution in [-0.4, -0.2) is 20.3 Å². The standard InChI is InChI=1S/C17H12FN5O/c18-12-5-6-14-13(9-12)20-16(15-4-2-8-23(14)15)21-22-17(24)11-3-1-7-19-10-11/h1-10H,(H,20,21)(H,22,24). The predicted octanol–water partition coefficient (Wildman–Crippen LogP) is 2.78. The van der Waals surface area contributed by atoms with Crippen molar-refractivity contribution in [2.45, 2.75) is 0 Å². The van der Waals surface area contributed by atoms with Crippen LogP contribution in [-0.2, 0) is 0 Å². The summed E-state index contributed by atoms with van der Waals surface area (Å²) < 4.78 is 15.4. The van der Waals surface area contributed by atoms with E-state index in [1.807, 2.05) is 22.7 Å². The molecule has 24 heavy (non-hydrogen) atoms. The molecule has 3 heterocycles. The van der Waals surface area contributed by atoms with Gasteiger partial charge in [-0.25, -0.2) is 9.37 Å². The van der Waals surface area contributed by atoms with Gasteiger partial charge in [0.1, 0.15) is 5.82 Å². The highest BCUT2D eigenvalue weighted by molar-refractivity contribution is 5.95. The second-order valence-corrected chi connectivity index (χ2v) is 5.18. The van der Waals surface area contributed by atoms with Crippen molar-refractivity contribution in [1.82, 2.24) is 19.8 Å². The monoisotopic (exact) mass is 321 g/mol. The van der Waals surface area contributed by atoms with Crippen molar-refractivity contribution in [3.05, 3.63) is 72.4 Å². The molecule has 0 saturated heterocycles. The molecule has 0 aliphatic rings. The van der Waals surface area contributed by atoms with E-state index in [2.05, 4.69) is 20.8 Å². The smallest absolute Gasteiger partial charge is 0.271 e. The lowest BCUT2D eigenvalue weighted by molar-refractivity contribution is 0.0962. The number of halogens is 1. The molecule has 0 radical (unpaired) electrons. The highest BCUT2D eigenvalue weighted by Crippen LogP contribution is 2.22. The van der Waals surface area contributed by atoms with E-state index >= 15 is 0 Å². The van der Waals surface area contributed by atoms with Crippen LogP contribution in [0.3, 0.4) is 0 Å². The molecular weight excluding hydrogens is 309 g/mol. The lowest BCUT2D eigenvalue weighted by Gasteiger charge is -2.11. The van der Waals surface area contributed by atoms with Gasteiger partial charge in [-0.05, 0) is 36.4 Å². The van der Waals surface area contributed by atoms with Crippen molar-refractivity contribution >= 4 is 28.3 Å². The maximum atomic E-state index is 13.5. The highest BCUT2D eigenvalue weighted by atomic mass is 19.1. The number of hydrogen-bond acceptors (Lipinski definition) is 4. The number of benzene rings is 1. The van der Waals surface area contributed by atoms with Crippen molar-refractivity contribution in [2.75, 3.05) is 5.43 Å². The number of carbonyl (C=O) groups is 1. The first-order valence-corrected chi connectivity index (χ1v) is 7.25. The zero-order valence-electron chi connectivity index (χ0n) is 12.4. The fraction of sp³-hybridized carbons (Fsp3) is 0. The first kappa shape index (κ1) is 14.1. The topological polar surface area (TPSA) is 71.3 Å². The van der Waals surface area contributed by atoms with Crippen molar-refractivity contribution in [3.8, 4) is 0 Å². The molecule has 0 bridgehead atoms. The molecule has 0 unspecified atom stereocenters. The number of anilines is 1. The number of aromatic nitrogens is 3. The molecule has 4 aromatic rings. The van der Waals surface area contributed by atoms with Gasteiger partial charge in [-0.3, -0.25) is 20.6 Å². The summed E-state index contributed by atoms with van der Waals surface area (Å²) in [5.41, 5.74) is 7.83. The van der Waals surface area contributed by atoms with Crippen LogP contribution < -0.4 is 10.9 Å². The third-order valence-electron chi connectivity index (χ3n) is 3.64. The van der Waals surface area contributed by atoms with Crippen LogP contribution in [0.4, 0.5) is 10.2 Å². The fourth-order valence-electron chi connectivity index (χ4n) is 2.53. The Hall–Kier alpha value is -3.48. The summed E-state index contributed by atoms with van der Waals surface area (Å²) in [7, 11) is 0. The number of rotatable bonds is 3. The molecule has 1 amide bonds. The minimum absolute atomic E-state index is 0.339. The fourth-order valence-corrected chi connectivity index (χ4v) is 2.53. The van der Waals surface area contributed by atoms with Crippen LogP contribution in [0, 0.1) is 5.82 Å². The molecule has 4 rings (SSSR count). The first-order valence-electron chi connectivity index (χ1n) is 7.25. The van der Waals surface area contributed by atoms with E-state index in [4.69, 9.17) is 0 Å². The Labute approximate surface area is 135 Å². The van der Waals surface area contributed by atoms with Crippen molar-refractivity contribution in [2.24, 2.45) is 0 Å². The van der Waals surface area contributed by atoms with E-state index in [0.717, 1.165) is 11.0 Å². The Morgan fingerprint density at radius 1 is 1.12 bits per heavy atom. The van der Waals surface area contributed by atoms with Crippen LogP contribution in [0.1, 0.15) is 10.4 Å². The molecule has 0 fully saturated rings. The van der Waals surface area contributed by atoms with Gasteiger partial charge in [-0.15, -0.1) is 0 Å². The Morgan fingerprint density at radius 3 is 2.88 bits per heavy atom. The molecular formula is C17H12FN5O. The number of nitrogens with one attached hydrogen (secondary N) is 2. The molecule has 6 nitrogen and oxygen atoms in total. The summed E-state index contributed by atoms with van der Waals surface area (Å²) in [5.74, 6) is -0.281. The van der Waals surface area contributed by atoms with Crippen LogP contribution in [0.25, 0.3) is 16.6 Å². The molecule has 118 valence electrons. The summed E-state index contributed by atoms with van der Waals surface area (Å²) in [6.07, 6.45) is 4.91. The molecule has 3 aromatic heterocycles. The van der Waals surface area contributed by atoms with Gasteiger partial charge in [0.2, 0.25) is 0 Å². The van der Waals surface area contributed by atoms with E-state index in [1.54, 1.807) is 24.4 Å². The minimum atomic E-state index is -0.369. The zero-order valence-corrected chi connectivity index (χ0v) is 12.4. The molecule has 0 spiro atoms. The van der Waals surface area contributed by atoms with E-state index in [-0.39, 0.29) is 11.7 Å². The third-order valence-corrected chi connectivity index (χ3v) is 3.64. The molecule has 1 aromatic carbocycles. The number of hydrogen-bond donors (Lipinski definition) is 2. The molecule has 0 aliphatic heterocycles. The number of fused-ring (bicyclic) bond motifs is 3. The molecule has 2 N–H and O–H groups in total. The lowest BCUT2D eigenvalue weighted by atomic mass is 10.3. The average molecular weight is 321 g/mol. The van der Waals surface area contributed by atoms with Gasteiger partial charge in [0.05, 0.1) is 22.1 Å². The van der Waals surface area contributed by atoms with Crippen LogP contribution in [0.5, 0.6) is 0 Å². The van der Waals surface area contributed by atoms with Gasteiger partial charge in [-0.1, -0.05) is 0 Å². The zero-order chi connectivity index (χ0) is 16.5. The predicted molar refractivity (Wildman–Crippen MR) is 88.0 cm³/mol. The highest BCUT2D eigenvalue weighted by Gasteiger charge is 2.10. The van der Waals surface area contributed by atoms with Gasteiger partial charge in [-0.2, -0.15) is 0 Å². The summed E-state index contributed by atoms with van der Waals surface area (Å²) in [4.78, 5) is 20.4. The number of amides is 1. The van der Waals surface area contributed by atoms with Crippen LogP contribution in [0.2, 0.25) is 0 Å². The second kappa shape index (κ2) is 5.62. The number of pyridine rings is 1. The SMILES string of the molecule is O=C(NNc1nc2cc(F)ccc2n2cccc12)c1cccnc1. The molecule has 0 aliphatic carbocycles. The van der Waals surface area contributed by atoms with Gasteiger partial charge >= 0.3 is 0 Å². The number of hydrazine groups is 1. The van der Waals surface area contributed by atoms with Crippen molar-refractivity contribution in [3.63, 3.8) is 0 Å². The van der Waals surface area contributed by atoms with E-state index in [9.17, 15) is 9.18 Å². The van der Waals surface area contributed by atoms with E-state index < -0.39 is 0 Å². The Balaban J connectivity index is 1.70. The quantitative estimate of drug-likeness (QED) is 0.569. The van der Waals surface area contributed by atoms with Crippen LogP contribution in [0.15, 0.2) is 61.1 Å². The Kier molecular flexibility index (Phi) is 3.31. The largest absolute Gasteiger partial charge is 0.312 e.